The molecule has 0 spiro atoms. The molecule has 0 atom stereocenters. The first-order valence-electron chi connectivity index (χ1n) is 9.70. The maximum absolute atomic E-state index is 12.4. The summed E-state index contributed by atoms with van der Waals surface area (Å²) in [6, 6.07) is 6.01. The van der Waals surface area contributed by atoms with Crippen LogP contribution in [0.1, 0.15) is 24.0 Å². The number of ether oxygens (including phenoxy) is 1. The van der Waals surface area contributed by atoms with Crippen LogP contribution in [0.25, 0.3) is 0 Å². The molecule has 8 heteroatoms. The normalized spacial score (nSPS) is 14.5. The SMILES string of the molecule is COC(=O)CCCNC(=S)N1CC[NH+](CC(=O)Nc2c(C)cccc2C)CC1. The number of quaternary nitrogens is 1. The van der Waals surface area contributed by atoms with Crippen LogP contribution in [-0.2, 0) is 14.3 Å². The summed E-state index contributed by atoms with van der Waals surface area (Å²) in [7, 11) is 1.39. The molecule has 0 aromatic heterocycles. The van der Waals surface area contributed by atoms with Gasteiger partial charge in [-0.1, -0.05) is 18.2 Å². The first-order valence-corrected chi connectivity index (χ1v) is 10.1. The molecule has 28 heavy (non-hydrogen) atoms. The van der Waals surface area contributed by atoms with E-state index in [1.807, 2.05) is 32.0 Å². The lowest BCUT2D eigenvalue weighted by atomic mass is 10.1. The van der Waals surface area contributed by atoms with E-state index >= 15 is 0 Å². The molecule has 1 aromatic rings. The lowest BCUT2D eigenvalue weighted by Gasteiger charge is -2.33. The largest absolute Gasteiger partial charge is 0.469 e. The summed E-state index contributed by atoms with van der Waals surface area (Å²) in [5.41, 5.74) is 3.08. The maximum atomic E-state index is 12.4. The van der Waals surface area contributed by atoms with Crippen LogP contribution in [0.2, 0.25) is 0 Å². The number of anilines is 1. The summed E-state index contributed by atoms with van der Waals surface area (Å²) in [6.07, 6.45) is 1.08. The Bertz CT molecular complexity index is 682. The van der Waals surface area contributed by atoms with Gasteiger partial charge in [0.05, 0.1) is 33.3 Å². The van der Waals surface area contributed by atoms with E-state index < -0.39 is 0 Å². The number of thiocarbonyl (C=S) groups is 1. The molecule has 1 amide bonds. The van der Waals surface area contributed by atoms with E-state index in [9.17, 15) is 9.59 Å². The van der Waals surface area contributed by atoms with Crippen molar-refractivity contribution in [3.63, 3.8) is 0 Å². The van der Waals surface area contributed by atoms with E-state index in [2.05, 4.69) is 20.3 Å². The van der Waals surface area contributed by atoms with Gasteiger partial charge in [-0.25, -0.2) is 0 Å². The summed E-state index contributed by atoms with van der Waals surface area (Å²) in [4.78, 5) is 26.9. The van der Waals surface area contributed by atoms with Gasteiger partial charge in [0.2, 0.25) is 0 Å². The van der Waals surface area contributed by atoms with Crippen LogP contribution < -0.4 is 15.5 Å². The Morgan fingerprint density at radius 2 is 1.86 bits per heavy atom. The van der Waals surface area contributed by atoms with Gasteiger partial charge in [-0.15, -0.1) is 0 Å². The molecule has 0 radical (unpaired) electrons. The number of hydrogen-bond donors (Lipinski definition) is 3. The summed E-state index contributed by atoms with van der Waals surface area (Å²) in [5.74, 6) is -0.159. The van der Waals surface area contributed by atoms with Gasteiger partial charge in [0, 0.05) is 18.7 Å². The van der Waals surface area contributed by atoms with Crippen molar-refractivity contribution < 1.29 is 19.2 Å². The Hall–Kier alpha value is -2.19. The standard InChI is InChI=1S/C20H30N4O3S/c1-15-6-4-7-16(2)19(15)22-17(25)14-23-10-12-24(13-11-23)20(28)21-9-5-8-18(26)27-3/h4,6-7H,5,8-14H2,1-3H3,(H,21,28)(H,22,25)/p+1. The number of para-hydroxylation sites is 1. The number of esters is 1. The third-order valence-corrected chi connectivity index (χ3v) is 5.38. The lowest BCUT2D eigenvalue weighted by molar-refractivity contribution is -0.895. The van der Waals surface area contributed by atoms with Crippen LogP contribution >= 0.6 is 12.2 Å². The van der Waals surface area contributed by atoms with Gasteiger partial charge >= 0.3 is 5.97 Å². The molecule has 1 aliphatic heterocycles. The van der Waals surface area contributed by atoms with Crippen molar-refractivity contribution in [2.24, 2.45) is 0 Å². The molecule has 0 aliphatic carbocycles. The molecule has 0 unspecified atom stereocenters. The molecule has 3 N–H and O–H groups in total. The van der Waals surface area contributed by atoms with Crippen molar-refractivity contribution in [2.75, 3.05) is 51.7 Å². The molecule has 1 aliphatic rings. The fraction of sp³-hybridized carbons (Fsp3) is 0.550. The molecule has 1 heterocycles. The lowest BCUT2D eigenvalue weighted by Crippen LogP contribution is -3.15. The highest BCUT2D eigenvalue weighted by molar-refractivity contribution is 7.80. The molecule has 1 aromatic carbocycles. The summed E-state index contributed by atoms with van der Waals surface area (Å²) in [5, 5.41) is 6.96. The third-order valence-electron chi connectivity index (χ3n) is 4.98. The molecule has 1 saturated heterocycles. The Labute approximate surface area is 172 Å². The highest BCUT2D eigenvalue weighted by Crippen LogP contribution is 2.18. The minimum absolute atomic E-state index is 0.0457. The molecule has 0 saturated carbocycles. The Morgan fingerprint density at radius 3 is 2.46 bits per heavy atom. The molecular weight excluding hydrogens is 376 g/mol. The molecular formula is C20H31N4O3S+. The zero-order valence-electron chi connectivity index (χ0n) is 17.0. The summed E-state index contributed by atoms with van der Waals surface area (Å²) in [6.45, 7) is 8.48. The fourth-order valence-corrected chi connectivity index (χ4v) is 3.55. The minimum Gasteiger partial charge on any atom is -0.469 e. The molecule has 0 bridgehead atoms. The highest BCUT2D eigenvalue weighted by Gasteiger charge is 2.23. The molecule has 1 fully saturated rings. The number of carbonyl (C=O) groups is 2. The summed E-state index contributed by atoms with van der Waals surface area (Å²) >= 11 is 5.43. The van der Waals surface area contributed by atoms with Gasteiger partial charge in [0.25, 0.3) is 5.91 Å². The fourth-order valence-electron chi connectivity index (χ4n) is 3.27. The van der Waals surface area contributed by atoms with E-state index in [1.54, 1.807) is 0 Å². The van der Waals surface area contributed by atoms with Gasteiger partial charge in [-0.3, -0.25) is 9.59 Å². The number of hydrogen-bond acceptors (Lipinski definition) is 4. The maximum Gasteiger partial charge on any atom is 0.305 e. The Balaban J connectivity index is 1.69. The Kier molecular flexibility index (Phi) is 8.66. The molecule has 2 rings (SSSR count). The van der Waals surface area contributed by atoms with E-state index in [4.69, 9.17) is 12.2 Å². The zero-order valence-corrected chi connectivity index (χ0v) is 17.8. The molecule has 7 nitrogen and oxygen atoms in total. The Morgan fingerprint density at radius 1 is 1.21 bits per heavy atom. The number of methoxy groups -OCH3 is 1. The second-order valence-electron chi connectivity index (χ2n) is 7.14. The average Bonchev–Trinajstić information content (AvgIpc) is 2.68. The second-order valence-corrected chi connectivity index (χ2v) is 7.53. The van der Waals surface area contributed by atoms with Crippen molar-refractivity contribution in [2.45, 2.75) is 26.7 Å². The van der Waals surface area contributed by atoms with Crippen molar-refractivity contribution >= 4 is 34.9 Å². The first-order chi connectivity index (χ1) is 13.4. The van der Waals surface area contributed by atoms with Crippen molar-refractivity contribution in [3.05, 3.63) is 29.3 Å². The van der Waals surface area contributed by atoms with Crippen LogP contribution in [0, 0.1) is 13.8 Å². The minimum atomic E-state index is -0.205. The van der Waals surface area contributed by atoms with Crippen molar-refractivity contribution in [3.8, 4) is 0 Å². The van der Waals surface area contributed by atoms with Crippen LogP contribution in [0.4, 0.5) is 5.69 Å². The van der Waals surface area contributed by atoms with Crippen molar-refractivity contribution in [1.29, 1.82) is 0 Å². The average molecular weight is 408 g/mol. The number of benzene rings is 1. The monoisotopic (exact) mass is 407 g/mol. The van der Waals surface area contributed by atoms with Crippen LogP contribution in [0.15, 0.2) is 18.2 Å². The highest BCUT2D eigenvalue weighted by atomic mass is 32.1. The topological polar surface area (TPSA) is 75.1 Å². The number of piperazine rings is 1. The van der Waals surface area contributed by atoms with Crippen molar-refractivity contribution in [1.82, 2.24) is 10.2 Å². The van der Waals surface area contributed by atoms with Gasteiger partial charge < -0.3 is 25.2 Å². The van der Waals surface area contributed by atoms with Gasteiger partial charge in [0.15, 0.2) is 11.7 Å². The third kappa shape index (κ3) is 6.76. The van der Waals surface area contributed by atoms with E-state index in [0.29, 0.717) is 31.0 Å². The van der Waals surface area contributed by atoms with Gasteiger partial charge in [0.1, 0.15) is 0 Å². The van der Waals surface area contributed by atoms with E-state index in [1.165, 1.54) is 12.0 Å². The van der Waals surface area contributed by atoms with E-state index in [0.717, 1.165) is 43.0 Å². The predicted octanol–water partition coefficient (Wildman–Crippen LogP) is 0.270. The number of nitrogens with zero attached hydrogens (tertiary/aromatic N) is 1. The number of amides is 1. The second kappa shape index (κ2) is 11.0. The first kappa shape index (κ1) is 22.1. The van der Waals surface area contributed by atoms with Crippen LogP contribution in [0.5, 0.6) is 0 Å². The number of rotatable bonds is 7. The zero-order chi connectivity index (χ0) is 20.5. The smallest absolute Gasteiger partial charge is 0.305 e. The number of aryl methyl sites for hydroxylation is 2. The number of nitrogens with one attached hydrogen (secondary N) is 3. The van der Waals surface area contributed by atoms with Crippen LogP contribution in [0.3, 0.4) is 0 Å². The number of carbonyl (C=O) groups excluding carboxylic acids is 2. The van der Waals surface area contributed by atoms with Crippen LogP contribution in [-0.4, -0.2) is 68.3 Å². The van der Waals surface area contributed by atoms with E-state index in [-0.39, 0.29) is 11.9 Å². The molecule has 154 valence electrons. The quantitative estimate of drug-likeness (QED) is 0.342. The predicted molar refractivity (Wildman–Crippen MR) is 114 cm³/mol. The summed E-state index contributed by atoms with van der Waals surface area (Å²) < 4.78 is 4.62. The van der Waals surface area contributed by atoms with Gasteiger partial charge in [-0.05, 0) is 43.6 Å². The van der Waals surface area contributed by atoms with Gasteiger partial charge in [-0.2, -0.15) is 0 Å².